The molecule has 2 aromatic rings. The number of urea groups is 1. The molecular formula is C40H62ClN5O7. The van der Waals surface area contributed by atoms with Crippen LogP contribution in [0.1, 0.15) is 133 Å². The number of aromatic nitrogens is 1. The number of carbonyl (C=O) groups excluding carboxylic acids is 5. The van der Waals surface area contributed by atoms with E-state index in [1.807, 2.05) is 27.7 Å². The summed E-state index contributed by atoms with van der Waals surface area (Å²) in [4.78, 5) is 70.7. The molecule has 4 amide bonds. The molecule has 1 fully saturated rings. The molecule has 1 aromatic carbocycles. The van der Waals surface area contributed by atoms with Crippen molar-refractivity contribution in [2.75, 3.05) is 0 Å². The molecule has 0 saturated carbocycles. The minimum Gasteiger partial charge on any atom is -0.458 e. The van der Waals surface area contributed by atoms with Crippen molar-refractivity contribution in [2.45, 2.75) is 175 Å². The Labute approximate surface area is 320 Å². The van der Waals surface area contributed by atoms with Crippen LogP contribution >= 0.6 is 11.6 Å². The third kappa shape index (κ3) is 12.4. The molecule has 0 bridgehead atoms. The topological polar surface area (TPSA) is 148 Å². The number of hydrogen-bond donors (Lipinski definition) is 3. The number of benzene rings is 1. The quantitative estimate of drug-likeness (QED) is 0.168. The van der Waals surface area contributed by atoms with Gasteiger partial charge in [0.15, 0.2) is 0 Å². The molecule has 0 spiro atoms. The van der Waals surface area contributed by atoms with Crippen LogP contribution in [0.3, 0.4) is 0 Å². The highest BCUT2D eigenvalue weighted by Gasteiger charge is 2.36. The number of carbonyl (C=O) groups is 5. The van der Waals surface area contributed by atoms with E-state index in [2.05, 4.69) is 16.0 Å². The molecule has 0 radical (unpaired) electrons. The van der Waals surface area contributed by atoms with Gasteiger partial charge in [0.1, 0.15) is 34.5 Å². The van der Waals surface area contributed by atoms with Gasteiger partial charge in [-0.15, -0.1) is 0 Å². The van der Waals surface area contributed by atoms with Crippen molar-refractivity contribution in [3.63, 3.8) is 0 Å². The highest BCUT2D eigenvalue weighted by Crippen LogP contribution is 2.32. The zero-order chi connectivity index (χ0) is 39.7. The lowest BCUT2D eigenvalue weighted by Gasteiger charge is -2.39. The van der Waals surface area contributed by atoms with Crippen molar-refractivity contribution in [3.05, 3.63) is 35.0 Å². The average molecular weight is 760 g/mol. The van der Waals surface area contributed by atoms with Gasteiger partial charge in [0.05, 0.1) is 5.52 Å². The van der Waals surface area contributed by atoms with Crippen LogP contribution in [-0.2, 0) is 30.3 Å². The number of rotatable bonds is 14. The number of piperidine rings is 1. The van der Waals surface area contributed by atoms with Gasteiger partial charge in [-0.2, -0.15) is 0 Å². The van der Waals surface area contributed by atoms with E-state index in [0.717, 1.165) is 32.1 Å². The second-order valence-electron chi connectivity index (χ2n) is 16.3. The Kier molecular flexibility index (Phi) is 15.6. The number of halogens is 1. The predicted molar refractivity (Wildman–Crippen MR) is 208 cm³/mol. The lowest BCUT2D eigenvalue weighted by Crippen LogP contribution is -2.59. The number of para-hydroxylation sites is 1. The van der Waals surface area contributed by atoms with Gasteiger partial charge in [-0.3, -0.25) is 9.59 Å². The SMILES string of the molecule is CCCC[C@H](NC(=O)N1[C@H](C)CCC[C@@H]1C)C(=O)N[C@H](Cc1c(Cl)n(C(=O)OC(C)(C)C)c2ccccc12)C(=O)N[C@H](CCCC)C(=O)OC(C)(C)C. The van der Waals surface area contributed by atoms with Crippen molar-refractivity contribution >= 4 is 52.4 Å². The number of nitrogens with zero attached hydrogens (tertiary/aromatic N) is 2. The van der Waals surface area contributed by atoms with Gasteiger partial charge < -0.3 is 30.3 Å². The first kappa shape index (κ1) is 43.6. The summed E-state index contributed by atoms with van der Waals surface area (Å²) >= 11 is 6.95. The Morgan fingerprint density at radius 1 is 0.792 bits per heavy atom. The van der Waals surface area contributed by atoms with Crippen molar-refractivity contribution < 1.29 is 33.4 Å². The molecule has 53 heavy (non-hydrogen) atoms. The molecule has 12 nitrogen and oxygen atoms in total. The van der Waals surface area contributed by atoms with E-state index in [1.165, 1.54) is 4.57 Å². The Bertz CT molecular complexity index is 1580. The fraction of sp³-hybridized carbons (Fsp3) is 0.675. The fourth-order valence-electron chi connectivity index (χ4n) is 6.67. The standard InChI is InChI=1S/C40H62ClN5O7/c1-11-13-21-29(44-37(50)45-25(3)18-17-19-26(45)4)34(47)43-31(35(48)42-30(22-14-12-2)36(49)52-39(5,6)7)24-28-27-20-15-16-23-32(27)46(33(28)41)38(51)53-40(8,9)10/h15-16,20,23,25-26,29-31H,11-14,17-19,21-22,24H2,1-10H3,(H,42,48)(H,43,47)(H,44,50)/t25-,26+,29-,30+,31+/m0/s1. The summed E-state index contributed by atoms with van der Waals surface area (Å²) in [5.74, 6) is -1.75. The Balaban J connectivity index is 2.05. The molecule has 1 aromatic heterocycles. The van der Waals surface area contributed by atoms with Crippen LogP contribution in [0.2, 0.25) is 5.15 Å². The van der Waals surface area contributed by atoms with E-state index in [4.69, 9.17) is 21.1 Å². The smallest absolute Gasteiger partial charge is 0.420 e. The van der Waals surface area contributed by atoms with Gasteiger partial charge in [0, 0.05) is 29.5 Å². The normalized spacial score (nSPS) is 18.1. The zero-order valence-corrected chi connectivity index (χ0v) is 34.2. The van der Waals surface area contributed by atoms with Crippen LogP contribution in [0, 0.1) is 0 Å². The molecule has 13 heteroatoms. The molecule has 296 valence electrons. The average Bonchev–Trinajstić information content (AvgIpc) is 3.33. The predicted octanol–water partition coefficient (Wildman–Crippen LogP) is 7.65. The molecule has 3 rings (SSSR count). The minimum atomic E-state index is -1.25. The maximum Gasteiger partial charge on any atom is 0.420 e. The highest BCUT2D eigenvalue weighted by molar-refractivity contribution is 6.33. The molecular weight excluding hydrogens is 698 g/mol. The maximum atomic E-state index is 14.3. The van der Waals surface area contributed by atoms with Gasteiger partial charge in [-0.25, -0.2) is 19.0 Å². The lowest BCUT2D eigenvalue weighted by molar-refractivity contribution is -0.159. The number of likely N-dealkylation sites (tertiary alicyclic amines) is 1. The van der Waals surface area contributed by atoms with Gasteiger partial charge in [-0.05, 0) is 93.6 Å². The second-order valence-corrected chi connectivity index (χ2v) is 16.6. The van der Waals surface area contributed by atoms with E-state index >= 15 is 0 Å². The van der Waals surface area contributed by atoms with Gasteiger partial charge in [0.2, 0.25) is 11.8 Å². The lowest BCUT2D eigenvalue weighted by atomic mass is 9.98. The molecule has 1 aliphatic heterocycles. The Hall–Kier alpha value is -3.80. The summed E-state index contributed by atoms with van der Waals surface area (Å²) in [5, 5.41) is 9.34. The Morgan fingerprint density at radius 3 is 1.89 bits per heavy atom. The summed E-state index contributed by atoms with van der Waals surface area (Å²) in [5.41, 5.74) is -0.690. The van der Waals surface area contributed by atoms with E-state index in [-0.39, 0.29) is 29.7 Å². The van der Waals surface area contributed by atoms with Crippen LogP contribution in [0.25, 0.3) is 10.9 Å². The van der Waals surface area contributed by atoms with Crippen molar-refractivity contribution in [3.8, 4) is 0 Å². The molecule has 1 aliphatic rings. The van der Waals surface area contributed by atoms with E-state index < -0.39 is 53.2 Å². The number of hydrogen-bond acceptors (Lipinski definition) is 7. The van der Waals surface area contributed by atoms with E-state index in [9.17, 15) is 24.0 Å². The molecule has 5 atom stereocenters. The number of fused-ring (bicyclic) bond motifs is 1. The largest absolute Gasteiger partial charge is 0.458 e. The molecule has 3 N–H and O–H groups in total. The number of esters is 1. The van der Waals surface area contributed by atoms with Crippen molar-refractivity contribution in [1.29, 1.82) is 0 Å². The van der Waals surface area contributed by atoms with E-state index in [1.54, 1.807) is 70.7 Å². The first-order chi connectivity index (χ1) is 24.8. The first-order valence-electron chi connectivity index (χ1n) is 19.2. The van der Waals surface area contributed by atoms with E-state index in [0.29, 0.717) is 42.1 Å². The summed E-state index contributed by atoms with van der Waals surface area (Å²) in [6.07, 6.45) is 5.52. The number of unbranched alkanes of at least 4 members (excludes halogenated alkanes) is 2. The van der Waals surface area contributed by atoms with Crippen LogP contribution < -0.4 is 16.0 Å². The minimum absolute atomic E-state index is 0.0181. The van der Waals surface area contributed by atoms with Crippen LogP contribution in [0.4, 0.5) is 9.59 Å². The number of amides is 4. The van der Waals surface area contributed by atoms with Gasteiger partial charge in [-0.1, -0.05) is 69.3 Å². The van der Waals surface area contributed by atoms with Gasteiger partial charge in [0.25, 0.3) is 0 Å². The van der Waals surface area contributed by atoms with Crippen LogP contribution in [-0.4, -0.2) is 80.8 Å². The van der Waals surface area contributed by atoms with Crippen LogP contribution in [0.15, 0.2) is 24.3 Å². The summed E-state index contributed by atoms with van der Waals surface area (Å²) < 4.78 is 12.6. The van der Waals surface area contributed by atoms with Crippen LogP contribution in [0.5, 0.6) is 0 Å². The second kappa shape index (κ2) is 19.0. The molecule has 0 aliphatic carbocycles. The van der Waals surface area contributed by atoms with Crippen molar-refractivity contribution in [1.82, 2.24) is 25.4 Å². The summed E-state index contributed by atoms with van der Waals surface area (Å²) in [7, 11) is 0. The van der Waals surface area contributed by atoms with Gasteiger partial charge >= 0.3 is 18.1 Å². The molecule has 0 unspecified atom stereocenters. The zero-order valence-electron chi connectivity index (χ0n) is 33.4. The molecule has 1 saturated heterocycles. The summed E-state index contributed by atoms with van der Waals surface area (Å²) in [6.45, 7) is 18.5. The Morgan fingerprint density at radius 2 is 1.32 bits per heavy atom. The van der Waals surface area contributed by atoms with Crippen molar-refractivity contribution in [2.24, 2.45) is 0 Å². The fourth-order valence-corrected chi connectivity index (χ4v) is 7.01. The number of ether oxygens (including phenoxy) is 2. The summed E-state index contributed by atoms with van der Waals surface area (Å²) in [6, 6.07) is 3.62. The number of nitrogens with one attached hydrogen (secondary N) is 3. The first-order valence-corrected chi connectivity index (χ1v) is 19.6. The maximum absolute atomic E-state index is 14.3. The third-order valence-electron chi connectivity index (χ3n) is 9.28. The molecule has 2 heterocycles. The monoisotopic (exact) mass is 759 g/mol. The highest BCUT2D eigenvalue weighted by atomic mass is 35.5. The third-order valence-corrected chi connectivity index (χ3v) is 9.67.